The molecule has 1 aromatic heterocycles. The minimum Gasteiger partial charge on any atom is -0.310 e. The van der Waals surface area contributed by atoms with Crippen molar-refractivity contribution in [3.05, 3.63) is 96.7 Å². The van der Waals surface area contributed by atoms with Crippen molar-refractivity contribution < 1.29 is 0 Å². The van der Waals surface area contributed by atoms with Gasteiger partial charge >= 0.3 is 0 Å². The average Bonchev–Trinajstić information content (AvgIpc) is 2.65. The van der Waals surface area contributed by atoms with Crippen molar-refractivity contribution in [1.29, 1.82) is 0 Å². The minimum atomic E-state index is 1.00. The van der Waals surface area contributed by atoms with Crippen LogP contribution in [0.25, 0.3) is 10.9 Å². The molecule has 0 saturated heterocycles. The summed E-state index contributed by atoms with van der Waals surface area (Å²) in [6.45, 7) is 2.11. The number of benzene rings is 3. The zero-order valence-corrected chi connectivity index (χ0v) is 13.6. The summed E-state index contributed by atoms with van der Waals surface area (Å²) < 4.78 is 0. The van der Waals surface area contributed by atoms with Crippen molar-refractivity contribution in [3.63, 3.8) is 0 Å². The van der Waals surface area contributed by atoms with Crippen LogP contribution >= 0.6 is 0 Å². The molecule has 0 aliphatic heterocycles. The predicted octanol–water partition coefficient (Wildman–Crippen LogP) is 6.01. The first-order chi connectivity index (χ1) is 11.8. The molecule has 4 rings (SSSR count). The van der Waals surface area contributed by atoms with Gasteiger partial charge < -0.3 is 4.90 Å². The largest absolute Gasteiger partial charge is 0.310 e. The third-order valence-electron chi connectivity index (χ3n) is 4.17. The number of anilines is 3. The first kappa shape index (κ1) is 14.5. The highest BCUT2D eigenvalue weighted by Gasteiger charge is 2.14. The first-order valence-corrected chi connectivity index (χ1v) is 8.08. The predicted molar refractivity (Wildman–Crippen MR) is 101 cm³/mol. The SMILES string of the molecule is Cc1ccc(N(c2ccccc2)c2cccc3ncccc23)cc1. The van der Waals surface area contributed by atoms with Crippen molar-refractivity contribution in [2.45, 2.75) is 6.92 Å². The molecular weight excluding hydrogens is 292 g/mol. The molecule has 1 heterocycles. The molecule has 0 aliphatic carbocycles. The van der Waals surface area contributed by atoms with Gasteiger partial charge in [-0.3, -0.25) is 4.98 Å². The summed E-state index contributed by atoms with van der Waals surface area (Å²) in [7, 11) is 0. The summed E-state index contributed by atoms with van der Waals surface area (Å²) in [4.78, 5) is 6.78. The Morgan fingerprint density at radius 2 is 1.42 bits per heavy atom. The van der Waals surface area contributed by atoms with Gasteiger partial charge in [-0.05, 0) is 55.5 Å². The number of hydrogen-bond donors (Lipinski definition) is 0. The Labute approximate surface area is 142 Å². The monoisotopic (exact) mass is 310 g/mol. The summed E-state index contributed by atoms with van der Waals surface area (Å²) in [5.41, 5.74) is 5.67. The Morgan fingerprint density at radius 1 is 0.667 bits per heavy atom. The van der Waals surface area contributed by atoms with Crippen LogP contribution in [0.2, 0.25) is 0 Å². The van der Waals surface area contributed by atoms with Crippen LogP contribution < -0.4 is 4.90 Å². The summed E-state index contributed by atoms with van der Waals surface area (Å²) in [6.07, 6.45) is 1.84. The molecule has 2 heteroatoms. The highest BCUT2D eigenvalue weighted by molar-refractivity contribution is 5.96. The minimum absolute atomic E-state index is 1.00. The van der Waals surface area contributed by atoms with E-state index in [1.54, 1.807) is 0 Å². The van der Waals surface area contributed by atoms with Crippen LogP contribution in [0.15, 0.2) is 91.1 Å². The molecule has 116 valence electrons. The number of fused-ring (bicyclic) bond motifs is 1. The lowest BCUT2D eigenvalue weighted by Crippen LogP contribution is -2.10. The normalized spacial score (nSPS) is 10.7. The Balaban J connectivity index is 1.97. The van der Waals surface area contributed by atoms with E-state index in [4.69, 9.17) is 0 Å². The van der Waals surface area contributed by atoms with E-state index in [0.717, 1.165) is 28.0 Å². The van der Waals surface area contributed by atoms with E-state index < -0.39 is 0 Å². The van der Waals surface area contributed by atoms with Crippen LogP contribution in [-0.2, 0) is 0 Å². The van der Waals surface area contributed by atoms with E-state index >= 15 is 0 Å². The smallest absolute Gasteiger partial charge is 0.0723 e. The maximum absolute atomic E-state index is 4.50. The molecule has 4 aromatic rings. The standard InChI is InChI=1S/C22H18N2/c1-17-12-14-19(15-13-17)24(18-7-3-2-4-8-18)22-11-5-10-21-20(22)9-6-16-23-21/h2-16H,1H3. The van der Waals surface area contributed by atoms with Crippen LogP contribution in [0.3, 0.4) is 0 Å². The van der Waals surface area contributed by atoms with Crippen molar-refractivity contribution in [1.82, 2.24) is 4.98 Å². The van der Waals surface area contributed by atoms with Gasteiger partial charge in [-0.2, -0.15) is 0 Å². The van der Waals surface area contributed by atoms with Crippen LogP contribution in [0.5, 0.6) is 0 Å². The number of para-hydroxylation sites is 1. The molecule has 0 unspecified atom stereocenters. The summed E-state index contributed by atoms with van der Waals surface area (Å²) in [5, 5.41) is 1.14. The van der Waals surface area contributed by atoms with Gasteiger partial charge in [-0.1, -0.05) is 42.0 Å². The van der Waals surface area contributed by atoms with E-state index in [0.29, 0.717) is 0 Å². The third-order valence-corrected chi connectivity index (χ3v) is 4.17. The molecule has 0 N–H and O–H groups in total. The Bertz CT molecular complexity index is 955. The average molecular weight is 310 g/mol. The van der Waals surface area contributed by atoms with Gasteiger partial charge in [0, 0.05) is 23.0 Å². The first-order valence-electron chi connectivity index (χ1n) is 8.08. The lowest BCUT2D eigenvalue weighted by atomic mass is 10.1. The van der Waals surface area contributed by atoms with Crippen LogP contribution in [0, 0.1) is 6.92 Å². The molecule has 0 fully saturated rings. The summed E-state index contributed by atoms with van der Waals surface area (Å²) in [6, 6.07) is 29.5. The molecule has 0 aliphatic rings. The van der Waals surface area contributed by atoms with Gasteiger partial charge in [0.15, 0.2) is 0 Å². The van der Waals surface area contributed by atoms with Gasteiger partial charge in [0.25, 0.3) is 0 Å². The van der Waals surface area contributed by atoms with Gasteiger partial charge in [0.2, 0.25) is 0 Å². The van der Waals surface area contributed by atoms with E-state index in [1.807, 2.05) is 18.3 Å². The van der Waals surface area contributed by atoms with E-state index in [1.165, 1.54) is 5.56 Å². The number of aromatic nitrogens is 1. The molecule has 0 spiro atoms. The summed E-state index contributed by atoms with van der Waals surface area (Å²) in [5.74, 6) is 0. The second kappa shape index (κ2) is 6.17. The van der Waals surface area contributed by atoms with Gasteiger partial charge in [-0.15, -0.1) is 0 Å². The molecule has 3 aromatic carbocycles. The number of hydrogen-bond acceptors (Lipinski definition) is 2. The van der Waals surface area contributed by atoms with Crippen LogP contribution in [0.4, 0.5) is 17.1 Å². The second-order valence-electron chi connectivity index (χ2n) is 5.85. The highest BCUT2D eigenvalue weighted by Crippen LogP contribution is 2.38. The van der Waals surface area contributed by atoms with Gasteiger partial charge in [0.05, 0.1) is 11.2 Å². The van der Waals surface area contributed by atoms with Gasteiger partial charge in [0.1, 0.15) is 0 Å². The Kier molecular flexibility index (Phi) is 3.72. The fourth-order valence-electron chi connectivity index (χ4n) is 2.98. The number of nitrogens with zero attached hydrogens (tertiary/aromatic N) is 2. The lowest BCUT2D eigenvalue weighted by Gasteiger charge is -2.26. The molecule has 0 saturated carbocycles. The van der Waals surface area contributed by atoms with Crippen LogP contribution in [0.1, 0.15) is 5.56 Å². The van der Waals surface area contributed by atoms with E-state index in [9.17, 15) is 0 Å². The topological polar surface area (TPSA) is 16.1 Å². The van der Waals surface area contributed by atoms with E-state index in [-0.39, 0.29) is 0 Å². The fraction of sp³-hybridized carbons (Fsp3) is 0.0455. The zero-order valence-electron chi connectivity index (χ0n) is 13.6. The van der Waals surface area contributed by atoms with Crippen molar-refractivity contribution in [3.8, 4) is 0 Å². The number of aryl methyl sites for hydroxylation is 1. The number of rotatable bonds is 3. The molecule has 0 radical (unpaired) electrons. The highest BCUT2D eigenvalue weighted by atomic mass is 15.1. The maximum atomic E-state index is 4.50. The number of pyridine rings is 1. The van der Waals surface area contributed by atoms with Crippen molar-refractivity contribution >= 4 is 28.0 Å². The Hall–Kier alpha value is -3.13. The molecule has 0 atom stereocenters. The molecular formula is C22H18N2. The Morgan fingerprint density at radius 3 is 2.21 bits per heavy atom. The van der Waals surface area contributed by atoms with Gasteiger partial charge in [-0.25, -0.2) is 0 Å². The second-order valence-corrected chi connectivity index (χ2v) is 5.85. The fourth-order valence-corrected chi connectivity index (χ4v) is 2.98. The van der Waals surface area contributed by atoms with Crippen molar-refractivity contribution in [2.24, 2.45) is 0 Å². The lowest BCUT2D eigenvalue weighted by molar-refractivity contribution is 1.28. The maximum Gasteiger partial charge on any atom is 0.0723 e. The zero-order chi connectivity index (χ0) is 16.4. The van der Waals surface area contributed by atoms with Crippen LogP contribution in [-0.4, -0.2) is 4.98 Å². The molecule has 2 nitrogen and oxygen atoms in total. The quantitative estimate of drug-likeness (QED) is 0.460. The van der Waals surface area contributed by atoms with E-state index in [2.05, 4.69) is 89.6 Å². The third kappa shape index (κ3) is 2.63. The molecule has 0 bridgehead atoms. The van der Waals surface area contributed by atoms with Crippen molar-refractivity contribution in [2.75, 3.05) is 4.90 Å². The molecule has 0 amide bonds. The molecule has 24 heavy (non-hydrogen) atoms. The summed E-state index contributed by atoms with van der Waals surface area (Å²) >= 11 is 0.